The van der Waals surface area contributed by atoms with Gasteiger partial charge in [-0.25, -0.2) is 4.98 Å². The van der Waals surface area contributed by atoms with Crippen molar-refractivity contribution in [2.24, 2.45) is 4.99 Å². The third kappa shape index (κ3) is 7.56. The lowest BCUT2D eigenvalue weighted by Gasteiger charge is -2.12. The molecule has 0 aliphatic rings. The van der Waals surface area contributed by atoms with Crippen molar-refractivity contribution in [1.82, 2.24) is 15.0 Å². The summed E-state index contributed by atoms with van der Waals surface area (Å²) >= 11 is 0. The van der Waals surface area contributed by atoms with E-state index < -0.39 is 0 Å². The van der Waals surface area contributed by atoms with Crippen LogP contribution in [0.4, 0.5) is 0 Å². The summed E-state index contributed by atoms with van der Waals surface area (Å²) in [6, 6.07) is 8.30. The molecule has 0 aliphatic carbocycles. The molecular formula is C32H38N4O. The predicted octanol–water partition coefficient (Wildman–Crippen LogP) is 8.31. The number of aliphatic imine (C=N–C) groups is 1. The van der Waals surface area contributed by atoms with E-state index in [2.05, 4.69) is 64.3 Å². The van der Waals surface area contributed by atoms with Crippen molar-refractivity contribution >= 4 is 29.0 Å². The van der Waals surface area contributed by atoms with E-state index in [1.807, 2.05) is 38.3 Å². The zero-order valence-electron chi connectivity index (χ0n) is 22.3. The van der Waals surface area contributed by atoms with E-state index in [4.69, 9.17) is 0 Å². The van der Waals surface area contributed by atoms with Crippen molar-refractivity contribution in [2.75, 3.05) is 0 Å². The van der Waals surface area contributed by atoms with Crippen molar-refractivity contribution in [2.45, 2.75) is 65.2 Å². The minimum Gasteiger partial charge on any atom is -0.342 e. The molecule has 0 amide bonds. The first-order valence-electron chi connectivity index (χ1n) is 13.0. The Bertz CT molecular complexity index is 1330. The zero-order chi connectivity index (χ0) is 26.6. The second-order valence-electron chi connectivity index (χ2n) is 9.28. The number of hydrogen-bond acceptors (Lipinski definition) is 4. The summed E-state index contributed by atoms with van der Waals surface area (Å²) in [7, 11) is 0. The third-order valence-corrected chi connectivity index (χ3v) is 6.67. The Balaban J connectivity index is 1.65. The first-order valence-corrected chi connectivity index (χ1v) is 13.0. The fourth-order valence-corrected chi connectivity index (χ4v) is 4.57. The van der Waals surface area contributed by atoms with Crippen LogP contribution in [0.15, 0.2) is 78.6 Å². The SMILES string of the molecule is C=C\C=C/N=C(C)\C(=C/C)CCCCCC(CC=O)c1ncc(-c2cc3ccc(C)nc3cc2C=C)[nH]1. The monoisotopic (exact) mass is 494 g/mol. The van der Waals surface area contributed by atoms with Crippen LogP contribution in [-0.4, -0.2) is 26.9 Å². The van der Waals surface area contributed by atoms with Crippen LogP contribution in [0.1, 0.15) is 75.4 Å². The molecule has 0 radical (unpaired) electrons. The van der Waals surface area contributed by atoms with Crippen molar-refractivity contribution in [3.05, 3.63) is 90.7 Å². The van der Waals surface area contributed by atoms with Gasteiger partial charge in [0.05, 0.1) is 17.4 Å². The number of imidazole rings is 1. The molecule has 192 valence electrons. The lowest BCUT2D eigenvalue weighted by atomic mass is 9.96. The number of hydrogen-bond donors (Lipinski definition) is 1. The molecule has 5 heteroatoms. The number of rotatable bonds is 14. The van der Waals surface area contributed by atoms with Gasteiger partial charge in [0.15, 0.2) is 0 Å². The Morgan fingerprint density at radius 1 is 1.19 bits per heavy atom. The van der Waals surface area contributed by atoms with Gasteiger partial charge in [0, 0.05) is 40.9 Å². The van der Waals surface area contributed by atoms with Gasteiger partial charge >= 0.3 is 0 Å². The highest BCUT2D eigenvalue weighted by Crippen LogP contribution is 2.31. The molecule has 5 nitrogen and oxygen atoms in total. The molecule has 2 aromatic heterocycles. The van der Waals surface area contributed by atoms with Crippen LogP contribution >= 0.6 is 0 Å². The predicted molar refractivity (Wildman–Crippen MR) is 157 cm³/mol. The summed E-state index contributed by atoms with van der Waals surface area (Å²) in [5.41, 5.74) is 7.23. The average Bonchev–Trinajstić information content (AvgIpc) is 3.39. The number of aryl methyl sites for hydroxylation is 1. The van der Waals surface area contributed by atoms with Gasteiger partial charge in [-0.15, -0.1) is 0 Å². The minimum atomic E-state index is 0.0803. The van der Waals surface area contributed by atoms with Crippen LogP contribution < -0.4 is 0 Å². The summed E-state index contributed by atoms with van der Waals surface area (Å²) in [6.45, 7) is 13.8. The Kier molecular flexibility index (Phi) is 10.5. The molecule has 1 N–H and O–H groups in total. The second kappa shape index (κ2) is 14.0. The van der Waals surface area contributed by atoms with E-state index in [9.17, 15) is 4.79 Å². The molecule has 1 unspecified atom stereocenters. The molecule has 3 rings (SSSR count). The average molecular weight is 495 g/mol. The van der Waals surface area contributed by atoms with Gasteiger partial charge in [0.2, 0.25) is 0 Å². The Morgan fingerprint density at radius 2 is 2.03 bits per heavy atom. The summed E-state index contributed by atoms with van der Waals surface area (Å²) in [5.74, 6) is 0.946. The number of nitrogens with one attached hydrogen (secondary N) is 1. The molecule has 0 spiro atoms. The highest BCUT2D eigenvalue weighted by Gasteiger charge is 2.17. The normalized spacial score (nSPS) is 13.3. The standard InChI is InChI=1S/C32H38N4O/c1-6-9-18-33-24(5)25(7-2)13-11-10-12-14-27(17-19-37)32-34-22-31(36-32)29-20-28-16-15-23(4)35-30(28)21-26(29)8-3/h6-9,15-16,18-22,27H,1,3,10-14,17H2,2,4-5H3,(H,34,36)/b18-9-,25-7-,33-24-. The molecule has 37 heavy (non-hydrogen) atoms. The molecule has 1 atom stereocenters. The number of benzene rings is 1. The number of aromatic amines is 1. The smallest absolute Gasteiger partial charge is 0.120 e. The van der Waals surface area contributed by atoms with Gasteiger partial charge < -0.3 is 9.78 Å². The number of pyridine rings is 1. The summed E-state index contributed by atoms with van der Waals surface area (Å²) in [5, 5.41) is 1.07. The maximum absolute atomic E-state index is 11.4. The summed E-state index contributed by atoms with van der Waals surface area (Å²) in [6.07, 6.45) is 17.8. The van der Waals surface area contributed by atoms with E-state index in [0.29, 0.717) is 6.42 Å². The van der Waals surface area contributed by atoms with Crippen LogP contribution in [0.5, 0.6) is 0 Å². The van der Waals surface area contributed by atoms with E-state index in [0.717, 1.165) is 83.3 Å². The fraction of sp³-hybridized carbons (Fsp3) is 0.312. The van der Waals surface area contributed by atoms with Gasteiger partial charge in [-0.1, -0.05) is 50.3 Å². The molecule has 3 aromatic rings. The number of fused-ring (bicyclic) bond motifs is 1. The van der Waals surface area contributed by atoms with Crippen molar-refractivity contribution in [3.8, 4) is 11.3 Å². The molecule has 2 heterocycles. The van der Waals surface area contributed by atoms with Gasteiger partial charge in [0.25, 0.3) is 0 Å². The van der Waals surface area contributed by atoms with Gasteiger partial charge in [-0.05, 0) is 75.4 Å². The van der Waals surface area contributed by atoms with E-state index in [1.165, 1.54) is 5.57 Å². The molecule has 0 fully saturated rings. The number of unbranched alkanes of at least 4 members (excludes halogenated alkanes) is 2. The number of allylic oxidation sites excluding steroid dienone is 4. The molecule has 0 bridgehead atoms. The van der Waals surface area contributed by atoms with E-state index in [1.54, 1.807) is 12.3 Å². The number of aromatic nitrogens is 3. The van der Waals surface area contributed by atoms with Crippen LogP contribution in [-0.2, 0) is 4.79 Å². The van der Waals surface area contributed by atoms with Gasteiger partial charge in [-0.2, -0.15) is 0 Å². The van der Waals surface area contributed by atoms with Gasteiger partial charge in [-0.3, -0.25) is 9.98 Å². The van der Waals surface area contributed by atoms with Crippen LogP contribution in [0, 0.1) is 6.92 Å². The Hall–Kier alpha value is -3.86. The number of H-pyrrole nitrogens is 1. The summed E-state index contributed by atoms with van der Waals surface area (Å²) in [4.78, 5) is 28.7. The lowest BCUT2D eigenvalue weighted by Crippen LogP contribution is -2.03. The first-order chi connectivity index (χ1) is 18.0. The quantitative estimate of drug-likeness (QED) is 0.106. The summed E-state index contributed by atoms with van der Waals surface area (Å²) < 4.78 is 0. The molecule has 0 saturated carbocycles. The number of nitrogens with zero attached hydrogens (tertiary/aromatic N) is 3. The second-order valence-corrected chi connectivity index (χ2v) is 9.28. The Labute approximate surface area is 220 Å². The fourth-order valence-electron chi connectivity index (χ4n) is 4.57. The molecule has 1 aromatic carbocycles. The molecule has 0 aliphatic heterocycles. The zero-order valence-corrected chi connectivity index (χ0v) is 22.3. The van der Waals surface area contributed by atoms with Crippen molar-refractivity contribution in [1.29, 1.82) is 0 Å². The van der Waals surface area contributed by atoms with Crippen LogP contribution in [0.25, 0.3) is 28.2 Å². The Morgan fingerprint density at radius 3 is 2.76 bits per heavy atom. The highest BCUT2D eigenvalue weighted by atomic mass is 16.1. The highest BCUT2D eigenvalue weighted by molar-refractivity contribution is 5.98. The lowest BCUT2D eigenvalue weighted by molar-refractivity contribution is -0.108. The first kappa shape index (κ1) is 27.7. The van der Waals surface area contributed by atoms with E-state index >= 15 is 0 Å². The van der Waals surface area contributed by atoms with Crippen molar-refractivity contribution < 1.29 is 4.79 Å². The molecule has 0 saturated heterocycles. The minimum absolute atomic E-state index is 0.0803. The van der Waals surface area contributed by atoms with Gasteiger partial charge in [0.1, 0.15) is 12.1 Å². The third-order valence-electron chi connectivity index (χ3n) is 6.67. The van der Waals surface area contributed by atoms with Crippen LogP contribution in [0.3, 0.4) is 0 Å². The largest absolute Gasteiger partial charge is 0.342 e. The number of aldehydes is 1. The van der Waals surface area contributed by atoms with Crippen LogP contribution in [0.2, 0.25) is 0 Å². The number of carbonyl (C=O) groups is 1. The maximum atomic E-state index is 11.4. The van der Waals surface area contributed by atoms with E-state index in [-0.39, 0.29) is 5.92 Å². The van der Waals surface area contributed by atoms with Crippen molar-refractivity contribution in [3.63, 3.8) is 0 Å². The molecular weight excluding hydrogens is 456 g/mol. The maximum Gasteiger partial charge on any atom is 0.120 e. The number of carbonyl (C=O) groups excluding carboxylic acids is 1. The topological polar surface area (TPSA) is 71.0 Å².